The molecule has 1 aliphatic heterocycles. The van der Waals surface area contributed by atoms with Crippen LogP contribution in [0.4, 0.5) is 0 Å². The zero-order valence-electron chi connectivity index (χ0n) is 18.2. The molecule has 2 fully saturated rings. The third kappa shape index (κ3) is 4.83. The van der Waals surface area contributed by atoms with Gasteiger partial charge in [0.15, 0.2) is 0 Å². The Morgan fingerprint density at radius 1 is 0.968 bits per heavy atom. The Hall–Kier alpha value is -1.85. The summed E-state index contributed by atoms with van der Waals surface area (Å²) in [6.07, 6.45) is 5.02. The molecule has 1 saturated heterocycles. The van der Waals surface area contributed by atoms with E-state index in [0.29, 0.717) is 29.6 Å². The first-order valence-corrected chi connectivity index (χ1v) is 13.2. The smallest absolute Gasteiger partial charge is 0.244 e. The number of rotatable bonds is 5. The lowest BCUT2D eigenvalue weighted by Gasteiger charge is -2.37. The van der Waals surface area contributed by atoms with Crippen LogP contribution >= 0.6 is 11.8 Å². The van der Waals surface area contributed by atoms with E-state index >= 15 is 0 Å². The molecule has 5 nitrogen and oxygen atoms in total. The summed E-state index contributed by atoms with van der Waals surface area (Å²) in [5, 5.41) is 9.38. The highest BCUT2D eigenvalue weighted by molar-refractivity contribution is 8.00. The van der Waals surface area contributed by atoms with E-state index in [-0.39, 0.29) is 4.90 Å². The van der Waals surface area contributed by atoms with Crippen LogP contribution in [0.25, 0.3) is 0 Å². The van der Waals surface area contributed by atoms with Gasteiger partial charge in [0.25, 0.3) is 0 Å². The van der Waals surface area contributed by atoms with Crippen LogP contribution in [0, 0.1) is 25.2 Å². The molecule has 31 heavy (non-hydrogen) atoms. The molecule has 0 amide bonds. The summed E-state index contributed by atoms with van der Waals surface area (Å²) >= 11 is 1.46. The molecule has 0 bridgehead atoms. The second kappa shape index (κ2) is 9.33. The van der Waals surface area contributed by atoms with Crippen molar-refractivity contribution in [2.24, 2.45) is 0 Å². The van der Waals surface area contributed by atoms with E-state index in [1.165, 1.54) is 43.5 Å². The zero-order chi connectivity index (χ0) is 22.0. The van der Waals surface area contributed by atoms with Crippen molar-refractivity contribution in [2.75, 3.05) is 26.2 Å². The molecule has 2 aromatic carbocycles. The molecule has 1 heterocycles. The summed E-state index contributed by atoms with van der Waals surface area (Å²) in [5.41, 5.74) is 2.61. The maximum absolute atomic E-state index is 13.6. The van der Waals surface area contributed by atoms with Crippen LogP contribution in [0.1, 0.15) is 42.4 Å². The highest BCUT2D eigenvalue weighted by Gasteiger charge is 2.33. The maximum atomic E-state index is 13.6. The molecule has 2 aliphatic rings. The van der Waals surface area contributed by atoms with Crippen molar-refractivity contribution in [1.29, 1.82) is 5.26 Å². The number of sulfonamides is 1. The van der Waals surface area contributed by atoms with Crippen molar-refractivity contribution < 1.29 is 8.42 Å². The molecule has 1 saturated carbocycles. The number of piperazine rings is 1. The van der Waals surface area contributed by atoms with E-state index in [0.717, 1.165) is 29.1 Å². The van der Waals surface area contributed by atoms with Crippen LogP contribution in [-0.2, 0) is 10.0 Å². The summed E-state index contributed by atoms with van der Waals surface area (Å²) in [4.78, 5) is 4.40. The number of benzene rings is 2. The molecular weight excluding hydrogens is 426 g/mol. The Morgan fingerprint density at radius 3 is 2.35 bits per heavy atom. The van der Waals surface area contributed by atoms with Gasteiger partial charge in [-0.1, -0.05) is 36.7 Å². The van der Waals surface area contributed by atoms with Crippen molar-refractivity contribution in [3.8, 4) is 6.07 Å². The molecule has 0 unspecified atom stereocenters. The molecule has 0 N–H and O–H groups in total. The number of hydrogen-bond donors (Lipinski definition) is 0. The minimum absolute atomic E-state index is 0.242. The monoisotopic (exact) mass is 455 g/mol. The molecule has 0 aromatic heterocycles. The predicted octanol–water partition coefficient (Wildman–Crippen LogP) is 4.58. The van der Waals surface area contributed by atoms with Gasteiger partial charge in [0.05, 0.1) is 16.5 Å². The Labute approximate surface area is 190 Å². The number of nitrogens with zero attached hydrogens (tertiary/aromatic N) is 3. The molecule has 4 rings (SSSR count). The quantitative estimate of drug-likeness (QED) is 0.661. The van der Waals surface area contributed by atoms with Gasteiger partial charge < -0.3 is 0 Å². The van der Waals surface area contributed by atoms with Gasteiger partial charge in [-0.15, -0.1) is 0 Å². The normalized spacial score (nSPS) is 18.9. The second-order valence-corrected chi connectivity index (χ2v) is 11.5. The van der Waals surface area contributed by atoms with E-state index < -0.39 is 10.0 Å². The van der Waals surface area contributed by atoms with Crippen LogP contribution in [0.2, 0.25) is 0 Å². The lowest BCUT2D eigenvalue weighted by molar-refractivity contribution is 0.139. The zero-order valence-corrected chi connectivity index (χ0v) is 19.8. The fourth-order valence-electron chi connectivity index (χ4n) is 4.52. The van der Waals surface area contributed by atoms with Crippen LogP contribution in [0.5, 0.6) is 0 Å². The third-order valence-corrected chi connectivity index (χ3v) is 9.67. The summed E-state index contributed by atoms with van der Waals surface area (Å²) < 4.78 is 28.9. The molecule has 164 valence electrons. The molecule has 0 radical (unpaired) electrons. The standard InChI is InChI=1S/C24H29N3O2S2/c1-18-7-8-19(2)23(15-18)30-22-10-9-20(17-25)16-24(22)31(28,29)27-13-11-26(12-14-27)21-5-3-4-6-21/h7-10,15-16,21H,3-6,11-14H2,1-2H3. The molecule has 1 aliphatic carbocycles. The Morgan fingerprint density at radius 2 is 1.68 bits per heavy atom. The van der Waals surface area contributed by atoms with Crippen LogP contribution in [0.15, 0.2) is 51.1 Å². The fraction of sp³-hybridized carbons (Fsp3) is 0.458. The van der Waals surface area contributed by atoms with Crippen molar-refractivity contribution in [3.05, 3.63) is 53.1 Å². The Kier molecular flexibility index (Phi) is 6.73. The average molecular weight is 456 g/mol. The third-order valence-electron chi connectivity index (χ3n) is 6.37. The molecule has 7 heteroatoms. The largest absolute Gasteiger partial charge is 0.298 e. The first kappa shape index (κ1) is 22.3. The molecule has 0 spiro atoms. The van der Waals surface area contributed by atoms with Crippen LogP contribution in [0.3, 0.4) is 0 Å². The highest BCUT2D eigenvalue weighted by Crippen LogP contribution is 2.37. The van der Waals surface area contributed by atoms with E-state index in [1.807, 2.05) is 13.8 Å². The molecule has 0 atom stereocenters. The van der Waals surface area contributed by atoms with E-state index in [1.54, 1.807) is 16.4 Å². The van der Waals surface area contributed by atoms with E-state index in [9.17, 15) is 13.7 Å². The first-order valence-electron chi connectivity index (χ1n) is 10.9. The molecule has 2 aromatic rings. The maximum Gasteiger partial charge on any atom is 0.244 e. The Bertz CT molecular complexity index is 1090. The molecular formula is C24H29N3O2S2. The SMILES string of the molecule is Cc1ccc(C)c(Sc2ccc(C#N)cc2S(=O)(=O)N2CCN(C3CCCC3)CC2)c1. The minimum atomic E-state index is -3.68. The number of nitriles is 1. The highest BCUT2D eigenvalue weighted by atomic mass is 32.2. The number of aryl methyl sites for hydroxylation is 2. The first-order chi connectivity index (χ1) is 14.9. The van der Waals surface area contributed by atoms with Gasteiger partial charge in [0.1, 0.15) is 0 Å². The lowest BCUT2D eigenvalue weighted by atomic mass is 10.2. The topological polar surface area (TPSA) is 64.4 Å². The van der Waals surface area contributed by atoms with E-state index in [2.05, 4.69) is 29.2 Å². The van der Waals surface area contributed by atoms with Crippen LogP contribution < -0.4 is 0 Å². The van der Waals surface area contributed by atoms with Crippen LogP contribution in [-0.4, -0.2) is 49.8 Å². The van der Waals surface area contributed by atoms with Gasteiger partial charge >= 0.3 is 0 Å². The van der Waals surface area contributed by atoms with Gasteiger partial charge in [-0.3, -0.25) is 4.90 Å². The van der Waals surface area contributed by atoms with Crippen molar-refractivity contribution in [1.82, 2.24) is 9.21 Å². The van der Waals surface area contributed by atoms with Gasteiger partial charge in [-0.25, -0.2) is 8.42 Å². The minimum Gasteiger partial charge on any atom is -0.298 e. The average Bonchev–Trinajstić information content (AvgIpc) is 3.31. The second-order valence-electron chi connectivity index (χ2n) is 8.52. The summed E-state index contributed by atoms with van der Waals surface area (Å²) in [7, 11) is -3.68. The fourth-order valence-corrected chi connectivity index (χ4v) is 7.48. The van der Waals surface area contributed by atoms with Gasteiger partial charge in [0.2, 0.25) is 10.0 Å². The summed E-state index contributed by atoms with van der Waals surface area (Å²) in [5.74, 6) is 0. The van der Waals surface area contributed by atoms with Crippen molar-refractivity contribution >= 4 is 21.8 Å². The summed E-state index contributed by atoms with van der Waals surface area (Å²) in [6.45, 7) is 6.63. The van der Waals surface area contributed by atoms with Gasteiger partial charge in [-0.2, -0.15) is 9.57 Å². The lowest BCUT2D eigenvalue weighted by Crippen LogP contribution is -2.51. The van der Waals surface area contributed by atoms with Crippen molar-refractivity contribution in [2.45, 2.75) is 60.3 Å². The van der Waals surface area contributed by atoms with Gasteiger partial charge in [-0.05, 0) is 62.1 Å². The van der Waals surface area contributed by atoms with E-state index in [4.69, 9.17) is 0 Å². The van der Waals surface area contributed by atoms with Crippen molar-refractivity contribution in [3.63, 3.8) is 0 Å². The van der Waals surface area contributed by atoms with Gasteiger partial charge in [0, 0.05) is 42.0 Å². The summed E-state index contributed by atoms with van der Waals surface area (Å²) in [6, 6.07) is 13.9. The number of hydrogen-bond acceptors (Lipinski definition) is 5. The predicted molar refractivity (Wildman–Crippen MR) is 124 cm³/mol. The Balaban J connectivity index is 1.61.